The van der Waals surface area contributed by atoms with Gasteiger partial charge in [0, 0.05) is 39.0 Å². The van der Waals surface area contributed by atoms with Crippen molar-refractivity contribution in [2.45, 2.75) is 0 Å². The zero-order valence-electron chi connectivity index (χ0n) is 41.8. The van der Waals surface area contributed by atoms with Crippen LogP contribution in [-0.2, 0) is 0 Å². The molecule has 0 unspecified atom stereocenters. The molecule has 2 aliphatic heterocycles. The third kappa shape index (κ3) is 6.74. The van der Waals surface area contributed by atoms with Crippen LogP contribution < -0.4 is 42.0 Å². The number of anilines is 3. The Morgan fingerprint density at radius 1 is 0.303 bits per heavy atom. The fourth-order valence-corrected chi connectivity index (χ4v) is 18.4. The zero-order chi connectivity index (χ0) is 50.2. The minimum Gasteiger partial charge on any atom is -0.310 e. The molecule has 4 heteroatoms. The van der Waals surface area contributed by atoms with Crippen molar-refractivity contribution in [3.05, 3.63) is 297 Å². The van der Waals surface area contributed by atoms with E-state index in [2.05, 4.69) is 307 Å². The monoisotopic (exact) mass is 980 g/mol. The molecular weight excluding hydrogens is 932 g/mol. The minimum absolute atomic E-state index is 0.122. The second-order valence-electron chi connectivity index (χ2n) is 20.3. The molecule has 0 atom stereocenters. The van der Waals surface area contributed by atoms with E-state index in [1.54, 1.807) is 0 Å². The van der Waals surface area contributed by atoms with Gasteiger partial charge in [-0.05, 0) is 95.4 Å². The van der Waals surface area contributed by atoms with Crippen LogP contribution in [0.25, 0.3) is 72.0 Å². The molecule has 13 aromatic rings. The van der Waals surface area contributed by atoms with Crippen LogP contribution in [0, 0.1) is 0 Å². The Balaban J connectivity index is 1.17. The van der Waals surface area contributed by atoms with Gasteiger partial charge in [-0.2, -0.15) is 0 Å². The number of hydrogen-bond donors (Lipinski definition) is 0. The summed E-state index contributed by atoms with van der Waals surface area (Å²) in [6, 6.07) is 112. The van der Waals surface area contributed by atoms with Crippen molar-refractivity contribution in [2.75, 3.05) is 4.90 Å². The molecule has 0 aliphatic carbocycles. The quantitative estimate of drug-likeness (QED) is 0.138. The number of fused-ring (bicyclic) bond motifs is 7. The Kier molecular flexibility index (Phi) is 10.4. The molecule has 1 aromatic heterocycles. The zero-order valence-corrected chi connectivity index (χ0v) is 42.8. The SMILES string of the molecule is c1ccc(-c2ccc3c(c2)B2c4cc(-c5ccccc5)ccc4[Si](c4ccccc4)(c4ccccc4)c4cc(-n5c6ccccc6c6ccccc65)cc(c42)N3c2c(-c3ccccc3)cccc2-c2ccccc2)cc1. The Labute approximate surface area is 445 Å². The maximum absolute atomic E-state index is 3.26. The average molecular weight is 981 g/mol. The van der Waals surface area contributed by atoms with Crippen LogP contribution in [0.15, 0.2) is 297 Å². The van der Waals surface area contributed by atoms with Gasteiger partial charge in [-0.1, -0.05) is 272 Å². The van der Waals surface area contributed by atoms with E-state index >= 15 is 0 Å². The van der Waals surface area contributed by atoms with E-state index in [1.807, 2.05) is 0 Å². The highest BCUT2D eigenvalue weighted by atomic mass is 28.3. The van der Waals surface area contributed by atoms with Crippen LogP contribution in [0.1, 0.15) is 0 Å². The number of hydrogen-bond acceptors (Lipinski definition) is 1. The van der Waals surface area contributed by atoms with E-state index < -0.39 is 8.07 Å². The molecular formula is C72H49BN2Si. The third-order valence-corrected chi connectivity index (χ3v) is 21.2. The van der Waals surface area contributed by atoms with Gasteiger partial charge in [0.15, 0.2) is 8.07 Å². The lowest BCUT2D eigenvalue weighted by atomic mass is 9.34. The molecule has 0 N–H and O–H groups in total. The summed E-state index contributed by atoms with van der Waals surface area (Å²) in [5.74, 6) is 0. The molecule has 0 saturated carbocycles. The molecule has 76 heavy (non-hydrogen) atoms. The van der Waals surface area contributed by atoms with Crippen LogP contribution in [0.3, 0.4) is 0 Å². The van der Waals surface area contributed by atoms with Crippen molar-refractivity contribution >= 4 is 90.8 Å². The minimum atomic E-state index is -3.26. The molecule has 2 nitrogen and oxygen atoms in total. The van der Waals surface area contributed by atoms with Crippen molar-refractivity contribution in [3.63, 3.8) is 0 Å². The predicted octanol–water partition coefficient (Wildman–Crippen LogP) is 13.4. The summed E-state index contributed by atoms with van der Waals surface area (Å²) < 4.78 is 2.55. The molecule has 15 rings (SSSR count). The molecule has 2 aliphatic rings. The van der Waals surface area contributed by atoms with Crippen molar-refractivity contribution in [2.24, 2.45) is 0 Å². The lowest BCUT2D eigenvalue weighted by Crippen LogP contribution is -2.87. The van der Waals surface area contributed by atoms with Crippen molar-refractivity contribution in [1.82, 2.24) is 4.57 Å². The first-order chi connectivity index (χ1) is 37.7. The highest BCUT2D eigenvalue weighted by Gasteiger charge is 2.54. The first-order valence-electron chi connectivity index (χ1n) is 26.5. The summed E-state index contributed by atoms with van der Waals surface area (Å²) in [6.45, 7) is -0.122. The summed E-state index contributed by atoms with van der Waals surface area (Å²) in [5, 5.41) is 8.04. The smallest absolute Gasteiger partial charge is 0.246 e. The first kappa shape index (κ1) is 44.0. The largest absolute Gasteiger partial charge is 0.310 e. The lowest BCUT2D eigenvalue weighted by Gasteiger charge is -2.48. The Hall–Kier alpha value is -9.48. The summed E-state index contributed by atoms with van der Waals surface area (Å²) in [5.41, 5.74) is 20.6. The summed E-state index contributed by atoms with van der Waals surface area (Å²) in [6.07, 6.45) is 0. The Bertz CT molecular complexity index is 4180. The molecule has 0 saturated heterocycles. The van der Waals surface area contributed by atoms with Gasteiger partial charge in [0.05, 0.1) is 16.7 Å². The second-order valence-corrected chi connectivity index (χ2v) is 24.0. The highest BCUT2D eigenvalue weighted by Crippen LogP contribution is 2.48. The van der Waals surface area contributed by atoms with Crippen LogP contribution >= 0.6 is 0 Å². The molecule has 0 amide bonds. The lowest BCUT2D eigenvalue weighted by molar-refractivity contribution is 1.17. The van der Waals surface area contributed by atoms with Crippen molar-refractivity contribution < 1.29 is 0 Å². The van der Waals surface area contributed by atoms with E-state index in [9.17, 15) is 0 Å². The molecule has 0 fully saturated rings. The van der Waals surface area contributed by atoms with E-state index in [0.717, 1.165) is 11.4 Å². The van der Waals surface area contributed by atoms with Gasteiger partial charge >= 0.3 is 0 Å². The summed E-state index contributed by atoms with van der Waals surface area (Å²) in [4.78, 5) is 2.68. The number of para-hydroxylation sites is 3. The summed E-state index contributed by atoms with van der Waals surface area (Å²) >= 11 is 0. The van der Waals surface area contributed by atoms with Crippen LogP contribution in [0.5, 0.6) is 0 Å². The Morgan fingerprint density at radius 3 is 1.28 bits per heavy atom. The molecule has 0 bridgehead atoms. The van der Waals surface area contributed by atoms with Crippen LogP contribution in [0.2, 0.25) is 0 Å². The maximum atomic E-state index is 2.68. The normalized spacial score (nSPS) is 13.1. The van der Waals surface area contributed by atoms with Gasteiger partial charge in [0.1, 0.15) is 0 Å². The fraction of sp³-hybridized carbons (Fsp3) is 0. The average Bonchev–Trinajstić information content (AvgIpc) is 3.94. The maximum Gasteiger partial charge on any atom is 0.246 e. The molecule has 354 valence electrons. The van der Waals surface area contributed by atoms with Gasteiger partial charge in [-0.3, -0.25) is 0 Å². The van der Waals surface area contributed by atoms with Gasteiger partial charge in [-0.15, -0.1) is 0 Å². The number of rotatable bonds is 8. The van der Waals surface area contributed by atoms with E-state index in [4.69, 9.17) is 0 Å². The topological polar surface area (TPSA) is 8.17 Å². The van der Waals surface area contributed by atoms with E-state index in [0.29, 0.717) is 0 Å². The highest BCUT2D eigenvalue weighted by molar-refractivity contribution is 7.26. The van der Waals surface area contributed by atoms with Crippen molar-refractivity contribution in [1.29, 1.82) is 0 Å². The van der Waals surface area contributed by atoms with Gasteiger partial charge in [0.25, 0.3) is 0 Å². The number of nitrogens with zero attached hydrogens (tertiary/aromatic N) is 2. The van der Waals surface area contributed by atoms with Gasteiger partial charge in [-0.25, -0.2) is 0 Å². The van der Waals surface area contributed by atoms with E-state index in [1.165, 1.54) is 115 Å². The molecule has 12 aromatic carbocycles. The Morgan fingerprint density at radius 2 is 0.750 bits per heavy atom. The molecule has 0 radical (unpaired) electrons. The standard InChI is InChI=1S/C72H49BN2Si/c1-7-24-50(25-8-1)54-42-44-67-63(46-54)73-64-47-55(51-26-9-2-10-27-51)43-45-69(64)76(57-32-15-5-16-33-57,58-34-17-6-18-35-58)70-49-56(74-65-40-21-19-36-61(65)62-37-20-22-41-66(62)74)48-68(71(70)73)75(67)72-59(52-28-11-3-12-29-52)38-23-39-60(72)53-30-13-4-14-31-53/h1-49H. The first-order valence-corrected chi connectivity index (χ1v) is 28.5. The van der Waals surface area contributed by atoms with Crippen molar-refractivity contribution in [3.8, 4) is 50.2 Å². The number of aromatic nitrogens is 1. The van der Waals surface area contributed by atoms with E-state index in [-0.39, 0.29) is 6.71 Å². The molecule has 0 spiro atoms. The van der Waals surface area contributed by atoms with Crippen LogP contribution in [-0.4, -0.2) is 19.4 Å². The van der Waals surface area contributed by atoms with Gasteiger partial charge < -0.3 is 9.47 Å². The number of benzene rings is 12. The second kappa shape index (κ2) is 17.9. The molecule has 3 heterocycles. The fourth-order valence-electron chi connectivity index (χ4n) is 13.1. The van der Waals surface area contributed by atoms with Crippen LogP contribution in [0.4, 0.5) is 17.1 Å². The van der Waals surface area contributed by atoms with Gasteiger partial charge in [0.2, 0.25) is 6.71 Å². The summed E-state index contributed by atoms with van der Waals surface area (Å²) in [7, 11) is -3.26. The predicted molar refractivity (Wildman–Crippen MR) is 325 cm³/mol. The third-order valence-electron chi connectivity index (χ3n) is 16.3.